The van der Waals surface area contributed by atoms with Gasteiger partial charge in [0.15, 0.2) is 0 Å². The Balaban J connectivity index is 2.13. The third kappa shape index (κ3) is 2.07. The maximum atomic E-state index is 6.00. The summed E-state index contributed by atoms with van der Waals surface area (Å²) < 4.78 is 0. The number of halogens is 1. The molecule has 0 radical (unpaired) electrons. The van der Waals surface area contributed by atoms with Gasteiger partial charge in [-0.1, -0.05) is 54.1 Å². The topological polar surface area (TPSA) is 12.9 Å². The summed E-state index contributed by atoms with van der Waals surface area (Å²) >= 11 is 6.00. The van der Waals surface area contributed by atoms with Crippen LogP contribution < -0.4 is 0 Å². The number of benzene rings is 3. The molecule has 100 valence electrons. The van der Waals surface area contributed by atoms with Crippen molar-refractivity contribution in [2.24, 2.45) is 0 Å². The lowest BCUT2D eigenvalue weighted by atomic mass is 9.95. The molecule has 0 aliphatic carbocycles. The number of aromatic nitrogens is 1. The van der Waals surface area contributed by atoms with Gasteiger partial charge in [-0.3, -0.25) is 4.98 Å². The van der Waals surface area contributed by atoms with Crippen LogP contribution in [0.3, 0.4) is 0 Å². The van der Waals surface area contributed by atoms with Crippen LogP contribution in [0.15, 0.2) is 72.9 Å². The van der Waals surface area contributed by atoms with Crippen LogP contribution in [0.25, 0.3) is 32.8 Å². The quantitative estimate of drug-likeness (QED) is 0.409. The number of pyridine rings is 1. The van der Waals surface area contributed by atoms with E-state index in [4.69, 9.17) is 11.6 Å². The fraction of sp³-hybridized carbons (Fsp3) is 0. The van der Waals surface area contributed by atoms with Crippen LogP contribution in [-0.4, -0.2) is 4.98 Å². The number of hydrogen-bond donors (Lipinski definition) is 0. The van der Waals surface area contributed by atoms with Crippen molar-refractivity contribution in [1.82, 2.24) is 4.98 Å². The standard InChI is InChI=1S/C19H12ClN/c20-15-9-7-13(8-10-15)18-12-14-4-3-11-21-19(14)17-6-2-1-5-16(17)18/h1-12H. The average molecular weight is 290 g/mol. The Bertz CT molecular complexity index is 942. The summed E-state index contributed by atoms with van der Waals surface area (Å²) in [5.41, 5.74) is 3.43. The van der Waals surface area contributed by atoms with Crippen LogP contribution >= 0.6 is 11.6 Å². The van der Waals surface area contributed by atoms with Crippen LogP contribution in [0.1, 0.15) is 0 Å². The maximum absolute atomic E-state index is 6.00. The highest BCUT2D eigenvalue weighted by atomic mass is 35.5. The molecule has 0 spiro atoms. The molecule has 4 rings (SSSR count). The summed E-state index contributed by atoms with van der Waals surface area (Å²) in [6.45, 7) is 0. The van der Waals surface area contributed by atoms with Gasteiger partial charge >= 0.3 is 0 Å². The lowest BCUT2D eigenvalue weighted by Gasteiger charge is -2.10. The molecule has 2 heteroatoms. The molecule has 1 aromatic heterocycles. The third-order valence-corrected chi connectivity index (χ3v) is 4.02. The van der Waals surface area contributed by atoms with Crippen molar-refractivity contribution in [3.8, 4) is 11.1 Å². The molecule has 0 N–H and O–H groups in total. The van der Waals surface area contributed by atoms with E-state index in [1.165, 1.54) is 21.9 Å². The van der Waals surface area contributed by atoms with Gasteiger partial charge in [0, 0.05) is 22.0 Å². The van der Waals surface area contributed by atoms with Gasteiger partial charge in [-0.25, -0.2) is 0 Å². The highest BCUT2D eigenvalue weighted by Gasteiger charge is 2.08. The Hall–Kier alpha value is -2.38. The summed E-state index contributed by atoms with van der Waals surface area (Å²) in [5.74, 6) is 0. The monoisotopic (exact) mass is 289 g/mol. The second-order valence-electron chi connectivity index (χ2n) is 5.05. The molecule has 0 fully saturated rings. The van der Waals surface area contributed by atoms with E-state index in [0.29, 0.717) is 0 Å². The molecule has 0 unspecified atom stereocenters. The molecular weight excluding hydrogens is 278 g/mol. The highest BCUT2D eigenvalue weighted by Crippen LogP contribution is 2.34. The Labute approximate surface area is 127 Å². The molecular formula is C19H12ClN. The van der Waals surface area contributed by atoms with E-state index in [2.05, 4.69) is 53.5 Å². The predicted octanol–water partition coefficient (Wildman–Crippen LogP) is 5.71. The fourth-order valence-electron chi connectivity index (χ4n) is 2.79. The fourth-order valence-corrected chi connectivity index (χ4v) is 2.91. The predicted molar refractivity (Wildman–Crippen MR) is 89.7 cm³/mol. The van der Waals surface area contributed by atoms with Gasteiger partial charge in [-0.2, -0.15) is 0 Å². The van der Waals surface area contributed by atoms with E-state index in [1.54, 1.807) is 0 Å². The van der Waals surface area contributed by atoms with Gasteiger partial charge in [0.2, 0.25) is 0 Å². The summed E-state index contributed by atoms with van der Waals surface area (Å²) in [5, 5.41) is 4.30. The molecule has 0 atom stereocenters. The Morgan fingerprint density at radius 2 is 1.52 bits per heavy atom. The van der Waals surface area contributed by atoms with E-state index in [0.717, 1.165) is 15.9 Å². The minimum absolute atomic E-state index is 0.755. The minimum Gasteiger partial charge on any atom is -0.256 e. The van der Waals surface area contributed by atoms with E-state index < -0.39 is 0 Å². The number of hydrogen-bond acceptors (Lipinski definition) is 1. The molecule has 21 heavy (non-hydrogen) atoms. The first kappa shape index (κ1) is 12.4. The summed E-state index contributed by atoms with van der Waals surface area (Å²) in [6, 6.07) is 22.7. The second-order valence-corrected chi connectivity index (χ2v) is 5.49. The minimum atomic E-state index is 0.755. The van der Waals surface area contributed by atoms with Crippen LogP contribution in [0.5, 0.6) is 0 Å². The SMILES string of the molecule is Clc1ccc(-c2cc3cccnc3c3ccccc23)cc1. The van der Waals surface area contributed by atoms with Crippen LogP contribution in [-0.2, 0) is 0 Å². The van der Waals surface area contributed by atoms with Crippen LogP contribution in [0.2, 0.25) is 5.02 Å². The summed E-state index contributed by atoms with van der Waals surface area (Å²) in [7, 11) is 0. The number of nitrogens with zero attached hydrogens (tertiary/aromatic N) is 1. The highest BCUT2D eigenvalue weighted by molar-refractivity contribution is 6.30. The van der Waals surface area contributed by atoms with Gasteiger partial charge in [-0.05, 0) is 40.8 Å². The smallest absolute Gasteiger partial charge is 0.0780 e. The van der Waals surface area contributed by atoms with E-state index >= 15 is 0 Å². The number of fused-ring (bicyclic) bond motifs is 3. The van der Waals surface area contributed by atoms with Gasteiger partial charge < -0.3 is 0 Å². The zero-order chi connectivity index (χ0) is 14.2. The summed E-state index contributed by atoms with van der Waals surface area (Å²) in [6.07, 6.45) is 1.84. The molecule has 0 saturated heterocycles. The molecule has 0 amide bonds. The lowest BCUT2D eigenvalue weighted by molar-refractivity contribution is 1.43. The Morgan fingerprint density at radius 3 is 2.33 bits per heavy atom. The van der Waals surface area contributed by atoms with Crippen molar-refractivity contribution in [2.45, 2.75) is 0 Å². The van der Waals surface area contributed by atoms with E-state index in [1.807, 2.05) is 24.4 Å². The zero-order valence-corrected chi connectivity index (χ0v) is 12.0. The second kappa shape index (κ2) is 4.87. The van der Waals surface area contributed by atoms with Crippen molar-refractivity contribution in [3.63, 3.8) is 0 Å². The number of rotatable bonds is 1. The maximum Gasteiger partial charge on any atom is 0.0780 e. The molecule has 1 nitrogen and oxygen atoms in total. The van der Waals surface area contributed by atoms with Crippen molar-refractivity contribution >= 4 is 33.3 Å². The largest absolute Gasteiger partial charge is 0.256 e. The first-order valence-electron chi connectivity index (χ1n) is 6.85. The normalized spacial score (nSPS) is 11.1. The molecule has 0 aliphatic rings. The van der Waals surface area contributed by atoms with Gasteiger partial charge in [0.05, 0.1) is 5.52 Å². The van der Waals surface area contributed by atoms with Gasteiger partial charge in [0.1, 0.15) is 0 Å². The van der Waals surface area contributed by atoms with E-state index in [9.17, 15) is 0 Å². The molecule has 4 aromatic rings. The van der Waals surface area contributed by atoms with Crippen molar-refractivity contribution in [2.75, 3.05) is 0 Å². The van der Waals surface area contributed by atoms with Crippen molar-refractivity contribution in [1.29, 1.82) is 0 Å². The zero-order valence-electron chi connectivity index (χ0n) is 11.3. The van der Waals surface area contributed by atoms with E-state index in [-0.39, 0.29) is 0 Å². The Kier molecular flexibility index (Phi) is 2.87. The third-order valence-electron chi connectivity index (χ3n) is 3.77. The Morgan fingerprint density at radius 1 is 0.762 bits per heavy atom. The van der Waals surface area contributed by atoms with Gasteiger partial charge in [-0.15, -0.1) is 0 Å². The first-order chi connectivity index (χ1) is 10.3. The van der Waals surface area contributed by atoms with Crippen LogP contribution in [0, 0.1) is 0 Å². The summed E-state index contributed by atoms with van der Waals surface area (Å²) in [4.78, 5) is 4.54. The van der Waals surface area contributed by atoms with Crippen molar-refractivity contribution in [3.05, 3.63) is 77.9 Å². The lowest BCUT2D eigenvalue weighted by Crippen LogP contribution is -1.86. The molecule has 1 heterocycles. The van der Waals surface area contributed by atoms with Gasteiger partial charge in [0.25, 0.3) is 0 Å². The first-order valence-corrected chi connectivity index (χ1v) is 7.23. The molecule has 3 aromatic carbocycles. The van der Waals surface area contributed by atoms with Crippen molar-refractivity contribution < 1.29 is 0 Å². The average Bonchev–Trinajstić information content (AvgIpc) is 2.55. The molecule has 0 bridgehead atoms. The molecule has 0 aliphatic heterocycles. The molecule has 0 saturated carbocycles. The van der Waals surface area contributed by atoms with Crippen LogP contribution in [0.4, 0.5) is 0 Å².